The number of nitrogens with zero attached hydrogens (tertiary/aromatic N) is 3. The summed E-state index contributed by atoms with van der Waals surface area (Å²) in [5, 5.41) is 5.35. The van der Waals surface area contributed by atoms with Crippen LogP contribution in [-0.2, 0) is 4.79 Å². The van der Waals surface area contributed by atoms with Crippen LogP contribution in [0.1, 0.15) is 11.4 Å². The van der Waals surface area contributed by atoms with Crippen molar-refractivity contribution in [2.45, 2.75) is 13.8 Å². The van der Waals surface area contributed by atoms with Gasteiger partial charge in [-0.15, -0.1) is 0 Å². The van der Waals surface area contributed by atoms with Gasteiger partial charge in [-0.2, -0.15) is 5.10 Å². The molecule has 0 unspecified atom stereocenters. The summed E-state index contributed by atoms with van der Waals surface area (Å²) in [4.78, 5) is 15.5. The summed E-state index contributed by atoms with van der Waals surface area (Å²) < 4.78 is 7.22. The summed E-state index contributed by atoms with van der Waals surface area (Å²) in [5.41, 5.74) is 7.73. The molecule has 112 valence electrons. The molecule has 0 spiro atoms. The van der Waals surface area contributed by atoms with Crippen LogP contribution in [0, 0.1) is 13.8 Å². The van der Waals surface area contributed by atoms with E-state index in [9.17, 15) is 4.79 Å². The molecule has 0 radical (unpaired) electrons. The van der Waals surface area contributed by atoms with Crippen LogP contribution in [0.25, 0.3) is 16.7 Å². The van der Waals surface area contributed by atoms with Crippen molar-refractivity contribution >= 4 is 16.8 Å². The highest BCUT2D eigenvalue weighted by molar-refractivity contribution is 5.85. The molecule has 0 saturated carbocycles. The lowest BCUT2D eigenvalue weighted by Gasteiger charge is -2.09. The van der Waals surface area contributed by atoms with Gasteiger partial charge in [0.25, 0.3) is 5.91 Å². The molecular weight excluding hydrogens is 280 g/mol. The Hall–Kier alpha value is -2.89. The second kappa shape index (κ2) is 5.48. The van der Waals surface area contributed by atoms with E-state index in [0.717, 1.165) is 16.8 Å². The van der Waals surface area contributed by atoms with Gasteiger partial charge in [0, 0.05) is 11.1 Å². The molecule has 2 heterocycles. The topological polar surface area (TPSA) is 83.0 Å². The van der Waals surface area contributed by atoms with Gasteiger partial charge >= 0.3 is 0 Å². The fourth-order valence-corrected chi connectivity index (χ4v) is 2.35. The first-order valence-corrected chi connectivity index (χ1v) is 6.89. The average Bonchev–Trinajstić information content (AvgIpc) is 2.83. The van der Waals surface area contributed by atoms with E-state index in [1.807, 2.05) is 44.2 Å². The quantitative estimate of drug-likeness (QED) is 0.797. The molecule has 3 rings (SSSR count). The Bertz CT molecular complexity index is 854. The number of nitrogens with two attached hydrogens (primary N) is 1. The van der Waals surface area contributed by atoms with E-state index in [4.69, 9.17) is 10.5 Å². The monoisotopic (exact) mass is 296 g/mol. The van der Waals surface area contributed by atoms with Crippen LogP contribution in [0.5, 0.6) is 5.75 Å². The molecule has 2 N–H and O–H groups in total. The number of hydrogen-bond acceptors (Lipinski definition) is 4. The van der Waals surface area contributed by atoms with Gasteiger partial charge in [0.1, 0.15) is 11.3 Å². The van der Waals surface area contributed by atoms with Gasteiger partial charge in [-0.05, 0) is 38.1 Å². The first-order valence-electron chi connectivity index (χ1n) is 6.89. The minimum Gasteiger partial charge on any atom is -0.481 e. The third-order valence-corrected chi connectivity index (χ3v) is 3.27. The van der Waals surface area contributed by atoms with E-state index in [0.29, 0.717) is 17.1 Å². The van der Waals surface area contributed by atoms with Crippen LogP contribution in [0.2, 0.25) is 0 Å². The molecule has 0 atom stereocenters. The maximum absolute atomic E-state index is 10.9. The predicted octanol–water partition coefficient (Wildman–Crippen LogP) is 1.90. The van der Waals surface area contributed by atoms with Crippen molar-refractivity contribution in [3.05, 3.63) is 47.8 Å². The summed E-state index contributed by atoms with van der Waals surface area (Å²) in [5.74, 6) is 0.708. The van der Waals surface area contributed by atoms with Gasteiger partial charge in [-0.25, -0.2) is 9.67 Å². The maximum atomic E-state index is 10.9. The highest BCUT2D eigenvalue weighted by Gasteiger charge is 2.09. The second-order valence-electron chi connectivity index (χ2n) is 5.09. The number of rotatable bonds is 4. The summed E-state index contributed by atoms with van der Waals surface area (Å²) >= 11 is 0. The Morgan fingerprint density at radius 2 is 2.09 bits per heavy atom. The Morgan fingerprint density at radius 3 is 2.77 bits per heavy atom. The zero-order valence-corrected chi connectivity index (χ0v) is 12.4. The van der Waals surface area contributed by atoms with Crippen molar-refractivity contribution in [1.29, 1.82) is 0 Å². The number of fused-ring (bicyclic) bond motifs is 1. The summed E-state index contributed by atoms with van der Waals surface area (Å²) in [6.45, 7) is 3.73. The van der Waals surface area contributed by atoms with Gasteiger partial charge in [-0.1, -0.05) is 12.1 Å². The zero-order chi connectivity index (χ0) is 15.7. The number of para-hydroxylation sites is 1. The van der Waals surface area contributed by atoms with Crippen molar-refractivity contribution in [3.8, 4) is 11.6 Å². The van der Waals surface area contributed by atoms with Gasteiger partial charge in [0.15, 0.2) is 12.4 Å². The molecule has 6 heteroatoms. The number of ether oxygens (including phenoxy) is 1. The molecule has 22 heavy (non-hydrogen) atoms. The molecule has 6 nitrogen and oxygen atoms in total. The number of aromatic nitrogens is 3. The molecule has 3 aromatic rings. The standard InChI is InChI=1S/C16H16N4O2/c1-10-8-11(2)20(19-10)15-7-6-12-4-3-5-13(16(12)18-15)22-9-14(17)21/h3-8H,9H2,1-2H3,(H2,17,21). The lowest BCUT2D eigenvalue weighted by Crippen LogP contribution is -2.20. The molecule has 0 fully saturated rings. The van der Waals surface area contributed by atoms with E-state index >= 15 is 0 Å². The average molecular weight is 296 g/mol. The number of amides is 1. The van der Waals surface area contributed by atoms with Crippen LogP contribution in [0.4, 0.5) is 0 Å². The van der Waals surface area contributed by atoms with Crippen LogP contribution < -0.4 is 10.5 Å². The van der Waals surface area contributed by atoms with Crippen molar-refractivity contribution in [1.82, 2.24) is 14.8 Å². The largest absolute Gasteiger partial charge is 0.481 e. The number of hydrogen-bond donors (Lipinski definition) is 1. The van der Waals surface area contributed by atoms with Crippen molar-refractivity contribution < 1.29 is 9.53 Å². The Balaban J connectivity index is 2.09. The normalized spacial score (nSPS) is 10.8. The van der Waals surface area contributed by atoms with Crippen LogP contribution in [-0.4, -0.2) is 27.3 Å². The number of benzene rings is 1. The molecule has 0 bridgehead atoms. The Labute approximate surface area is 127 Å². The second-order valence-corrected chi connectivity index (χ2v) is 5.09. The third kappa shape index (κ3) is 2.63. The van der Waals surface area contributed by atoms with Gasteiger partial charge in [0.2, 0.25) is 0 Å². The highest BCUT2D eigenvalue weighted by atomic mass is 16.5. The van der Waals surface area contributed by atoms with Gasteiger partial charge in [-0.3, -0.25) is 4.79 Å². The SMILES string of the molecule is Cc1cc(C)n(-c2ccc3cccc(OCC(N)=O)c3n2)n1. The van der Waals surface area contributed by atoms with E-state index in [1.54, 1.807) is 10.7 Å². The lowest BCUT2D eigenvalue weighted by atomic mass is 10.2. The fraction of sp³-hybridized carbons (Fsp3) is 0.188. The molecule has 2 aromatic heterocycles. The van der Waals surface area contributed by atoms with E-state index < -0.39 is 5.91 Å². The smallest absolute Gasteiger partial charge is 0.255 e. The van der Waals surface area contributed by atoms with Gasteiger partial charge in [0.05, 0.1) is 5.69 Å². The number of carbonyl (C=O) groups is 1. The van der Waals surface area contributed by atoms with E-state index in [1.165, 1.54) is 0 Å². The molecule has 0 aliphatic carbocycles. The van der Waals surface area contributed by atoms with E-state index in [-0.39, 0.29) is 6.61 Å². The number of carbonyl (C=O) groups excluding carboxylic acids is 1. The third-order valence-electron chi connectivity index (χ3n) is 3.27. The number of primary amides is 1. The first kappa shape index (κ1) is 14.1. The molecular formula is C16H16N4O2. The van der Waals surface area contributed by atoms with Crippen LogP contribution in [0.15, 0.2) is 36.4 Å². The maximum Gasteiger partial charge on any atom is 0.255 e. The Morgan fingerprint density at radius 1 is 1.27 bits per heavy atom. The molecule has 1 aromatic carbocycles. The molecule has 0 saturated heterocycles. The first-order chi connectivity index (χ1) is 10.5. The molecule has 0 aliphatic rings. The van der Waals surface area contributed by atoms with E-state index in [2.05, 4.69) is 10.1 Å². The van der Waals surface area contributed by atoms with Crippen LogP contribution >= 0.6 is 0 Å². The molecule has 0 aliphatic heterocycles. The zero-order valence-electron chi connectivity index (χ0n) is 12.4. The Kier molecular flexibility index (Phi) is 3.50. The highest BCUT2D eigenvalue weighted by Crippen LogP contribution is 2.25. The number of aryl methyl sites for hydroxylation is 2. The summed E-state index contributed by atoms with van der Waals surface area (Å²) in [6, 6.07) is 11.4. The van der Waals surface area contributed by atoms with Crippen molar-refractivity contribution in [2.24, 2.45) is 5.73 Å². The molecule has 1 amide bonds. The number of pyridine rings is 1. The minimum atomic E-state index is -0.522. The van der Waals surface area contributed by atoms with Crippen molar-refractivity contribution in [3.63, 3.8) is 0 Å². The lowest BCUT2D eigenvalue weighted by molar-refractivity contribution is -0.119. The van der Waals surface area contributed by atoms with Crippen LogP contribution in [0.3, 0.4) is 0 Å². The van der Waals surface area contributed by atoms with Gasteiger partial charge < -0.3 is 10.5 Å². The summed E-state index contributed by atoms with van der Waals surface area (Å²) in [6.07, 6.45) is 0. The minimum absolute atomic E-state index is 0.176. The fourth-order valence-electron chi connectivity index (χ4n) is 2.35. The summed E-state index contributed by atoms with van der Waals surface area (Å²) in [7, 11) is 0. The predicted molar refractivity (Wildman–Crippen MR) is 83.0 cm³/mol. The van der Waals surface area contributed by atoms with Crippen molar-refractivity contribution in [2.75, 3.05) is 6.61 Å².